The van der Waals surface area contributed by atoms with Gasteiger partial charge in [0.25, 0.3) is 0 Å². The van der Waals surface area contributed by atoms with Gasteiger partial charge in [0, 0.05) is 17.2 Å². The summed E-state index contributed by atoms with van der Waals surface area (Å²) in [6.07, 6.45) is 1.61. The molecule has 146 valence electrons. The largest absolute Gasteiger partial charge is 0.465 e. The highest BCUT2D eigenvalue weighted by molar-refractivity contribution is 7.99. The molecule has 5 nitrogen and oxygen atoms in total. The summed E-state index contributed by atoms with van der Waals surface area (Å²) in [4.78, 5) is 13.1. The lowest BCUT2D eigenvalue weighted by Crippen LogP contribution is -2.26. The molecule has 0 aliphatic rings. The second-order valence-corrected chi connectivity index (χ2v) is 8.84. The Morgan fingerprint density at radius 2 is 1.78 bits per heavy atom. The van der Waals surface area contributed by atoms with Gasteiger partial charge in [0.05, 0.1) is 17.6 Å². The van der Waals surface area contributed by atoms with E-state index < -0.39 is 16.0 Å². The lowest BCUT2D eigenvalue weighted by molar-refractivity contribution is 0.0599. The number of methoxy groups -OCH3 is 1. The number of rotatable bonds is 9. The van der Waals surface area contributed by atoms with Gasteiger partial charge in [-0.25, -0.2) is 17.9 Å². The Morgan fingerprint density at radius 1 is 1.07 bits per heavy atom. The van der Waals surface area contributed by atoms with E-state index in [1.54, 1.807) is 17.8 Å². The van der Waals surface area contributed by atoms with Gasteiger partial charge in [-0.15, -0.1) is 11.8 Å². The van der Waals surface area contributed by atoms with E-state index in [1.807, 2.05) is 19.1 Å². The minimum atomic E-state index is -3.69. The molecule has 0 amide bonds. The van der Waals surface area contributed by atoms with Gasteiger partial charge in [-0.05, 0) is 48.2 Å². The number of carbonyl (C=O) groups is 1. The first-order valence-corrected chi connectivity index (χ1v) is 11.3. The molecule has 0 saturated carbocycles. The molecule has 0 saturated heterocycles. The molecule has 0 heterocycles. The SMILES string of the molecule is CCc1ccc(SCCNS(=O)(=O)c2ccc(CC)c(C(=O)OC)c2)cc1. The minimum Gasteiger partial charge on any atom is -0.465 e. The van der Waals surface area contributed by atoms with E-state index in [2.05, 4.69) is 23.8 Å². The smallest absolute Gasteiger partial charge is 0.338 e. The first-order chi connectivity index (χ1) is 12.9. The summed E-state index contributed by atoms with van der Waals surface area (Å²) in [5.74, 6) is 0.0803. The Morgan fingerprint density at radius 3 is 2.37 bits per heavy atom. The van der Waals surface area contributed by atoms with Gasteiger partial charge in [0.15, 0.2) is 0 Å². The number of hydrogen-bond donors (Lipinski definition) is 1. The number of sulfonamides is 1. The minimum absolute atomic E-state index is 0.0670. The van der Waals surface area contributed by atoms with Gasteiger partial charge in [-0.3, -0.25) is 0 Å². The predicted octanol–water partition coefficient (Wildman–Crippen LogP) is 3.67. The van der Waals surface area contributed by atoms with Crippen LogP contribution in [0.4, 0.5) is 0 Å². The molecule has 0 spiro atoms. The van der Waals surface area contributed by atoms with Crippen LogP contribution in [-0.2, 0) is 27.6 Å². The van der Waals surface area contributed by atoms with Crippen LogP contribution in [0.5, 0.6) is 0 Å². The summed E-state index contributed by atoms with van der Waals surface area (Å²) in [7, 11) is -2.40. The first kappa shape index (κ1) is 21.5. The number of esters is 1. The zero-order valence-electron chi connectivity index (χ0n) is 15.8. The van der Waals surface area contributed by atoms with E-state index >= 15 is 0 Å². The molecule has 2 rings (SSSR count). The van der Waals surface area contributed by atoms with Gasteiger partial charge in [-0.2, -0.15) is 0 Å². The number of thioether (sulfide) groups is 1. The second-order valence-electron chi connectivity index (χ2n) is 5.91. The van der Waals surface area contributed by atoms with Crippen molar-refractivity contribution in [3.8, 4) is 0 Å². The Hall–Kier alpha value is -1.83. The van der Waals surface area contributed by atoms with E-state index in [4.69, 9.17) is 4.74 Å². The Balaban J connectivity index is 2.00. The summed E-state index contributed by atoms with van der Waals surface area (Å²) in [5, 5.41) is 0. The summed E-state index contributed by atoms with van der Waals surface area (Å²) >= 11 is 1.59. The van der Waals surface area contributed by atoms with E-state index in [0.717, 1.165) is 16.9 Å². The average molecular weight is 408 g/mol. The van der Waals surface area contributed by atoms with Crippen LogP contribution in [0, 0.1) is 0 Å². The number of nitrogens with one attached hydrogen (secondary N) is 1. The fourth-order valence-electron chi connectivity index (χ4n) is 2.58. The van der Waals surface area contributed by atoms with Crippen molar-refractivity contribution >= 4 is 27.8 Å². The number of benzene rings is 2. The maximum atomic E-state index is 12.5. The molecule has 0 aliphatic carbocycles. The van der Waals surface area contributed by atoms with Crippen molar-refractivity contribution < 1.29 is 17.9 Å². The highest BCUT2D eigenvalue weighted by Gasteiger charge is 2.18. The Kier molecular flexibility index (Phi) is 7.89. The Labute approximate surface area is 165 Å². The van der Waals surface area contributed by atoms with Crippen molar-refractivity contribution in [2.24, 2.45) is 0 Å². The second kappa shape index (κ2) is 9.92. The molecule has 0 aromatic heterocycles. The van der Waals surface area contributed by atoms with Gasteiger partial charge < -0.3 is 4.74 Å². The Bertz CT molecular complexity index is 877. The topological polar surface area (TPSA) is 72.5 Å². The summed E-state index contributed by atoms with van der Waals surface area (Å²) < 4.78 is 32.4. The van der Waals surface area contributed by atoms with Crippen molar-refractivity contribution in [2.45, 2.75) is 36.5 Å². The average Bonchev–Trinajstić information content (AvgIpc) is 2.70. The molecule has 7 heteroatoms. The van der Waals surface area contributed by atoms with Crippen LogP contribution in [-0.4, -0.2) is 33.8 Å². The van der Waals surface area contributed by atoms with E-state index in [1.165, 1.54) is 24.8 Å². The van der Waals surface area contributed by atoms with Crippen LogP contribution in [0.25, 0.3) is 0 Å². The van der Waals surface area contributed by atoms with E-state index in [0.29, 0.717) is 18.7 Å². The summed E-state index contributed by atoms with van der Waals surface area (Å²) in [6.45, 7) is 4.31. The standard InChI is InChI=1S/C20H25NO4S2/c1-4-15-6-9-17(10-7-15)26-13-12-21-27(23,24)18-11-8-16(5-2)19(14-18)20(22)25-3/h6-11,14,21H,4-5,12-13H2,1-3H3. The molecule has 27 heavy (non-hydrogen) atoms. The number of ether oxygens (including phenoxy) is 1. The third kappa shape index (κ3) is 5.82. The molecule has 0 fully saturated rings. The van der Waals surface area contributed by atoms with Crippen molar-refractivity contribution in [3.63, 3.8) is 0 Å². The third-order valence-electron chi connectivity index (χ3n) is 4.17. The van der Waals surface area contributed by atoms with Crippen LogP contribution in [0.2, 0.25) is 0 Å². The van der Waals surface area contributed by atoms with Crippen LogP contribution < -0.4 is 4.72 Å². The molecule has 0 unspecified atom stereocenters. The molecule has 0 atom stereocenters. The third-order valence-corrected chi connectivity index (χ3v) is 6.64. The molecule has 0 bridgehead atoms. The number of hydrogen-bond acceptors (Lipinski definition) is 5. The van der Waals surface area contributed by atoms with Crippen molar-refractivity contribution in [2.75, 3.05) is 19.4 Å². The predicted molar refractivity (Wildman–Crippen MR) is 109 cm³/mol. The number of carbonyl (C=O) groups excluding carboxylic acids is 1. The zero-order valence-corrected chi connectivity index (χ0v) is 17.5. The van der Waals surface area contributed by atoms with Crippen molar-refractivity contribution in [1.82, 2.24) is 4.72 Å². The molecular weight excluding hydrogens is 382 g/mol. The van der Waals surface area contributed by atoms with Gasteiger partial charge in [-0.1, -0.05) is 32.0 Å². The van der Waals surface area contributed by atoms with Crippen LogP contribution >= 0.6 is 11.8 Å². The van der Waals surface area contributed by atoms with Crippen molar-refractivity contribution in [3.05, 3.63) is 59.2 Å². The molecule has 0 radical (unpaired) electrons. The zero-order chi connectivity index (χ0) is 19.9. The van der Waals surface area contributed by atoms with Crippen LogP contribution in [0.15, 0.2) is 52.3 Å². The van der Waals surface area contributed by atoms with Gasteiger partial charge >= 0.3 is 5.97 Å². The van der Waals surface area contributed by atoms with Crippen molar-refractivity contribution in [1.29, 1.82) is 0 Å². The quantitative estimate of drug-likeness (QED) is 0.390. The maximum Gasteiger partial charge on any atom is 0.338 e. The fourth-order valence-corrected chi connectivity index (χ4v) is 4.54. The highest BCUT2D eigenvalue weighted by atomic mass is 32.2. The molecule has 2 aromatic carbocycles. The molecule has 2 aromatic rings. The summed E-state index contributed by atoms with van der Waals surface area (Å²) in [5.41, 5.74) is 2.32. The highest BCUT2D eigenvalue weighted by Crippen LogP contribution is 2.20. The molecule has 0 aliphatic heterocycles. The monoisotopic (exact) mass is 407 g/mol. The molecule has 1 N–H and O–H groups in total. The lowest BCUT2D eigenvalue weighted by Gasteiger charge is -2.11. The van der Waals surface area contributed by atoms with Gasteiger partial charge in [0.2, 0.25) is 10.0 Å². The lowest BCUT2D eigenvalue weighted by atomic mass is 10.1. The molecular formula is C20H25NO4S2. The normalized spacial score (nSPS) is 11.4. The maximum absolute atomic E-state index is 12.5. The van der Waals surface area contributed by atoms with Crippen LogP contribution in [0.3, 0.4) is 0 Å². The van der Waals surface area contributed by atoms with Crippen LogP contribution in [0.1, 0.15) is 35.3 Å². The van der Waals surface area contributed by atoms with Gasteiger partial charge in [0.1, 0.15) is 0 Å². The van der Waals surface area contributed by atoms with E-state index in [9.17, 15) is 13.2 Å². The number of aryl methyl sites for hydroxylation is 2. The first-order valence-electron chi connectivity index (χ1n) is 8.84. The van der Waals surface area contributed by atoms with E-state index in [-0.39, 0.29) is 10.5 Å². The fraction of sp³-hybridized carbons (Fsp3) is 0.350. The summed E-state index contributed by atoms with van der Waals surface area (Å²) in [6, 6.07) is 12.8.